The van der Waals surface area contributed by atoms with Gasteiger partial charge in [-0.25, -0.2) is 4.79 Å². The Labute approximate surface area is 152 Å². The van der Waals surface area contributed by atoms with Crippen LogP contribution in [0.15, 0.2) is 0 Å². The highest BCUT2D eigenvalue weighted by molar-refractivity contribution is 5.82. The van der Waals surface area contributed by atoms with Crippen molar-refractivity contribution in [3.63, 3.8) is 0 Å². The number of carbonyl (C=O) groups excluding carboxylic acids is 2. The summed E-state index contributed by atoms with van der Waals surface area (Å²) in [4.78, 5) is 25.5. The highest BCUT2D eigenvalue weighted by Crippen LogP contribution is 2.18. The number of nitrogens with two attached hydrogens (primary N) is 1. The largest absolute Gasteiger partial charge is 0.444 e. The van der Waals surface area contributed by atoms with E-state index in [-0.39, 0.29) is 12.5 Å². The molecule has 1 aliphatic heterocycles. The van der Waals surface area contributed by atoms with E-state index in [4.69, 9.17) is 15.6 Å². The number of alkyl carbamates (subject to hydrolysis) is 1. The number of aliphatic hydroxyl groups is 1. The second kappa shape index (κ2) is 12.1. The topological polar surface area (TPSA) is 105 Å². The quantitative estimate of drug-likeness (QED) is 0.629. The van der Waals surface area contributed by atoms with Crippen LogP contribution in [0.3, 0.4) is 0 Å². The van der Waals surface area contributed by atoms with Crippen LogP contribution in [0.5, 0.6) is 0 Å². The SMILES string of the molecule is CC1CCCN1C(=O)C(N)CCCCNC(=O)OC(C)(C)C.CCO. The molecule has 1 saturated heterocycles. The molecule has 7 nitrogen and oxygen atoms in total. The number of amides is 2. The van der Waals surface area contributed by atoms with Gasteiger partial charge < -0.3 is 25.8 Å². The lowest BCUT2D eigenvalue weighted by Gasteiger charge is -2.25. The number of nitrogens with zero attached hydrogens (tertiary/aromatic N) is 1. The molecule has 0 aromatic carbocycles. The average molecular weight is 360 g/mol. The van der Waals surface area contributed by atoms with Gasteiger partial charge in [0.15, 0.2) is 0 Å². The van der Waals surface area contributed by atoms with Crippen LogP contribution in [-0.4, -0.2) is 59.4 Å². The van der Waals surface area contributed by atoms with Crippen LogP contribution in [0.2, 0.25) is 0 Å². The van der Waals surface area contributed by atoms with Crippen LogP contribution in [-0.2, 0) is 9.53 Å². The fourth-order valence-corrected chi connectivity index (χ4v) is 2.59. The first-order chi connectivity index (χ1) is 11.6. The number of carbonyl (C=O) groups is 2. The second-order valence-electron chi connectivity index (χ2n) is 7.37. The molecule has 0 saturated carbocycles. The molecule has 1 aliphatic rings. The lowest BCUT2D eigenvalue weighted by molar-refractivity contribution is -0.133. The van der Waals surface area contributed by atoms with E-state index in [1.165, 1.54) is 0 Å². The van der Waals surface area contributed by atoms with Gasteiger partial charge in [0, 0.05) is 25.7 Å². The average Bonchev–Trinajstić information content (AvgIpc) is 2.91. The minimum atomic E-state index is -0.481. The fraction of sp³-hybridized carbons (Fsp3) is 0.889. The van der Waals surface area contributed by atoms with Crippen LogP contribution in [0.4, 0.5) is 4.79 Å². The molecule has 0 aliphatic carbocycles. The zero-order valence-corrected chi connectivity index (χ0v) is 16.5. The van der Waals surface area contributed by atoms with E-state index < -0.39 is 17.7 Å². The first-order valence-electron chi connectivity index (χ1n) is 9.26. The minimum absolute atomic E-state index is 0.0603. The molecule has 25 heavy (non-hydrogen) atoms. The van der Waals surface area contributed by atoms with E-state index in [0.29, 0.717) is 19.0 Å². The predicted molar refractivity (Wildman–Crippen MR) is 99.2 cm³/mol. The Morgan fingerprint density at radius 1 is 1.36 bits per heavy atom. The highest BCUT2D eigenvalue weighted by Gasteiger charge is 2.28. The number of unbranched alkanes of at least 4 members (excludes halogenated alkanes) is 1. The summed E-state index contributed by atoms with van der Waals surface area (Å²) in [5.41, 5.74) is 5.50. The number of likely N-dealkylation sites (tertiary alicyclic amines) is 1. The summed E-state index contributed by atoms with van der Waals surface area (Å²) in [5, 5.41) is 10.3. The van der Waals surface area contributed by atoms with Crippen molar-refractivity contribution in [1.82, 2.24) is 10.2 Å². The summed E-state index contributed by atoms with van der Waals surface area (Å²) in [6, 6.07) is -0.116. The van der Waals surface area contributed by atoms with Crippen LogP contribution in [0, 0.1) is 0 Å². The van der Waals surface area contributed by atoms with Crippen molar-refractivity contribution in [1.29, 1.82) is 0 Å². The third-order valence-electron chi connectivity index (χ3n) is 3.76. The number of hydrogen-bond acceptors (Lipinski definition) is 5. The number of hydrogen-bond donors (Lipinski definition) is 3. The summed E-state index contributed by atoms with van der Waals surface area (Å²) in [5.74, 6) is 0.0603. The summed E-state index contributed by atoms with van der Waals surface area (Å²) in [6.07, 6.45) is 3.98. The van der Waals surface area contributed by atoms with Gasteiger partial charge in [-0.1, -0.05) is 0 Å². The van der Waals surface area contributed by atoms with Crippen LogP contribution in [0.25, 0.3) is 0 Å². The standard InChI is InChI=1S/C16H31N3O3.C2H6O/c1-12-8-7-11-19(12)14(20)13(17)9-5-6-10-18-15(21)22-16(2,3)4;1-2-3/h12-13H,5-11,17H2,1-4H3,(H,18,21);3H,2H2,1H3. The van der Waals surface area contributed by atoms with Gasteiger partial charge in [0.2, 0.25) is 5.91 Å². The molecule has 2 atom stereocenters. The van der Waals surface area contributed by atoms with Crippen LogP contribution >= 0.6 is 0 Å². The van der Waals surface area contributed by atoms with E-state index >= 15 is 0 Å². The molecule has 0 aromatic heterocycles. The van der Waals surface area contributed by atoms with Crippen LogP contribution < -0.4 is 11.1 Å². The van der Waals surface area contributed by atoms with E-state index in [1.54, 1.807) is 6.92 Å². The molecule has 0 bridgehead atoms. The lowest BCUT2D eigenvalue weighted by Crippen LogP contribution is -2.45. The fourth-order valence-electron chi connectivity index (χ4n) is 2.59. The smallest absolute Gasteiger partial charge is 0.407 e. The van der Waals surface area contributed by atoms with Gasteiger partial charge in [0.1, 0.15) is 5.60 Å². The van der Waals surface area contributed by atoms with Crippen molar-refractivity contribution >= 4 is 12.0 Å². The third kappa shape index (κ3) is 11.0. The van der Waals surface area contributed by atoms with Gasteiger partial charge in [-0.15, -0.1) is 0 Å². The molecule has 1 rings (SSSR count). The van der Waals surface area contributed by atoms with E-state index in [2.05, 4.69) is 12.2 Å². The van der Waals surface area contributed by atoms with Gasteiger partial charge in [-0.3, -0.25) is 4.79 Å². The summed E-state index contributed by atoms with van der Waals surface area (Å²) in [6.45, 7) is 10.9. The van der Waals surface area contributed by atoms with Crippen LogP contribution in [0.1, 0.15) is 66.7 Å². The number of aliphatic hydroxyl groups excluding tert-OH is 1. The molecular weight excluding hydrogens is 322 g/mol. The Kier molecular flexibility index (Phi) is 11.4. The molecule has 2 amide bonds. The normalized spacial score (nSPS) is 18.2. The molecule has 1 heterocycles. The number of rotatable bonds is 6. The molecule has 0 aromatic rings. The molecule has 7 heteroatoms. The van der Waals surface area contributed by atoms with Crippen molar-refractivity contribution in [3.05, 3.63) is 0 Å². The molecule has 0 spiro atoms. The van der Waals surface area contributed by atoms with E-state index in [1.807, 2.05) is 25.7 Å². The minimum Gasteiger partial charge on any atom is -0.444 e. The Balaban J connectivity index is 0.00000178. The Morgan fingerprint density at radius 3 is 2.44 bits per heavy atom. The molecule has 4 N–H and O–H groups in total. The zero-order valence-electron chi connectivity index (χ0n) is 16.5. The Morgan fingerprint density at radius 2 is 1.96 bits per heavy atom. The van der Waals surface area contributed by atoms with Gasteiger partial charge in [-0.05, 0) is 66.7 Å². The first kappa shape index (κ1) is 23.7. The monoisotopic (exact) mass is 359 g/mol. The van der Waals surface area contributed by atoms with Crippen molar-refractivity contribution in [2.75, 3.05) is 19.7 Å². The van der Waals surface area contributed by atoms with Crippen molar-refractivity contribution in [3.8, 4) is 0 Å². The number of ether oxygens (including phenoxy) is 1. The summed E-state index contributed by atoms with van der Waals surface area (Å²) in [7, 11) is 0. The molecular formula is C18H37N3O4. The van der Waals surface area contributed by atoms with Gasteiger partial charge in [-0.2, -0.15) is 0 Å². The van der Waals surface area contributed by atoms with Gasteiger partial charge in [0.25, 0.3) is 0 Å². The van der Waals surface area contributed by atoms with Gasteiger partial charge >= 0.3 is 6.09 Å². The maximum absolute atomic E-state index is 12.2. The first-order valence-corrected chi connectivity index (χ1v) is 9.26. The number of nitrogens with one attached hydrogen (secondary N) is 1. The summed E-state index contributed by atoms with van der Waals surface area (Å²) < 4.78 is 5.15. The van der Waals surface area contributed by atoms with Crippen molar-refractivity contribution in [2.45, 2.75) is 84.4 Å². The second-order valence-corrected chi connectivity index (χ2v) is 7.37. The van der Waals surface area contributed by atoms with Crippen molar-refractivity contribution in [2.24, 2.45) is 5.73 Å². The van der Waals surface area contributed by atoms with Gasteiger partial charge in [0.05, 0.1) is 6.04 Å². The summed E-state index contributed by atoms with van der Waals surface area (Å²) >= 11 is 0. The third-order valence-corrected chi connectivity index (χ3v) is 3.76. The lowest BCUT2D eigenvalue weighted by atomic mass is 10.1. The predicted octanol–water partition coefficient (Wildman–Crippen LogP) is 2.02. The van der Waals surface area contributed by atoms with Crippen molar-refractivity contribution < 1.29 is 19.4 Å². The molecule has 148 valence electrons. The Bertz CT molecular complexity index is 396. The molecule has 1 fully saturated rings. The maximum atomic E-state index is 12.2. The zero-order chi connectivity index (χ0) is 19.5. The highest BCUT2D eigenvalue weighted by atomic mass is 16.6. The Hall–Kier alpha value is -1.34. The van der Waals surface area contributed by atoms with E-state index in [9.17, 15) is 9.59 Å². The molecule has 2 unspecified atom stereocenters. The van der Waals surface area contributed by atoms with E-state index in [0.717, 1.165) is 32.2 Å². The maximum Gasteiger partial charge on any atom is 0.407 e. The molecule has 0 radical (unpaired) electrons.